The van der Waals surface area contributed by atoms with Crippen molar-refractivity contribution in [2.45, 2.75) is 18.6 Å². The van der Waals surface area contributed by atoms with Crippen LogP contribution in [0.1, 0.15) is 22.8 Å². The summed E-state index contributed by atoms with van der Waals surface area (Å²) in [7, 11) is 0. The van der Waals surface area contributed by atoms with Gasteiger partial charge in [0.05, 0.1) is 17.4 Å². The molecule has 0 saturated carbocycles. The van der Waals surface area contributed by atoms with Crippen LogP contribution in [0, 0.1) is 11.3 Å². The number of nitrogens with one attached hydrogen (secondary N) is 1. The van der Waals surface area contributed by atoms with Crippen LogP contribution in [-0.2, 0) is 20.7 Å². The topological polar surface area (TPSA) is 99.5 Å². The summed E-state index contributed by atoms with van der Waals surface area (Å²) in [6, 6.07) is 26.8. The Hall–Kier alpha value is -4.35. The quantitative estimate of drug-likeness (QED) is 0.282. The Balaban J connectivity index is 1.64. The van der Waals surface area contributed by atoms with E-state index in [1.54, 1.807) is 43.3 Å². The maximum atomic E-state index is 13.5. The van der Waals surface area contributed by atoms with Gasteiger partial charge in [-0.25, -0.2) is 4.79 Å². The van der Waals surface area contributed by atoms with Crippen LogP contribution in [-0.4, -0.2) is 29.6 Å². The Labute approximate surface area is 213 Å². The molecule has 0 aromatic heterocycles. The van der Waals surface area contributed by atoms with Gasteiger partial charge in [0.1, 0.15) is 16.7 Å². The zero-order valence-corrected chi connectivity index (χ0v) is 20.3. The van der Waals surface area contributed by atoms with E-state index in [0.717, 1.165) is 5.56 Å². The SMILES string of the molecule is CCOC(=O)c1ccc(NC(=O)C(C#N)=C2SC(Cc3ccccc3)C(=O)N2c2ccccc2)cc1. The molecule has 0 spiro atoms. The highest BCUT2D eigenvalue weighted by atomic mass is 32.2. The van der Waals surface area contributed by atoms with E-state index < -0.39 is 17.1 Å². The van der Waals surface area contributed by atoms with Gasteiger partial charge in [-0.3, -0.25) is 14.5 Å². The van der Waals surface area contributed by atoms with Gasteiger partial charge in [0, 0.05) is 11.4 Å². The first-order valence-corrected chi connectivity index (χ1v) is 12.2. The molecule has 36 heavy (non-hydrogen) atoms. The maximum absolute atomic E-state index is 13.5. The molecule has 2 amide bonds. The van der Waals surface area contributed by atoms with Crippen LogP contribution >= 0.6 is 11.8 Å². The summed E-state index contributed by atoms with van der Waals surface area (Å²) in [6.45, 7) is 1.98. The third-order valence-electron chi connectivity index (χ3n) is 5.44. The largest absolute Gasteiger partial charge is 0.462 e. The predicted molar refractivity (Wildman–Crippen MR) is 139 cm³/mol. The summed E-state index contributed by atoms with van der Waals surface area (Å²) < 4.78 is 4.97. The average Bonchev–Trinajstić information content (AvgIpc) is 3.21. The van der Waals surface area contributed by atoms with E-state index in [4.69, 9.17) is 4.74 Å². The molecular formula is C28H23N3O4S. The van der Waals surface area contributed by atoms with Gasteiger partial charge < -0.3 is 10.1 Å². The molecule has 4 rings (SSSR count). The number of anilines is 2. The monoisotopic (exact) mass is 497 g/mol. The van der Waals surface area contributed by atoms with Crippen molar-refractivity contribution < 1.29 is 19.1 Å². The highest BCUT2D eigenvalue weighted by molar-refractivity contribution is 8.05. The number of para-hydroxylation sites is 1. The van der Waals surface area contributed by atoms with Crippen molar-refractivity contribution >= 4 is 40.9 Å². The second-order valence-electron chi connectivity index (χ2n) is 7.85. The molecule has 0 aliphatic carbocycles. The van der Waals surface area contributed by atoms with Crippen LogP contribution in [0.4, 0.5) is 11.4 Å². The van der Waals surface area contributed by atoms with Crippen molar-refractivity contribution in [1.29, 1.82) is 5.26 Å². The van der Waals surface area contributed by atoms with Gasteiger partial charge in [-0.2, -0.15) is 5.26 Å². The molecule has 1 heterocycles. The third kappa shape index (κ3) is 5.48. The molecule has 3 aromatic carbocycles. The summed E-state index contributed by atoms with van der Waals surface area (Å²) in [5.74, 6) is -1.29. The van der Waals surface area contributed by atoms with E-state index in [-0.39, 0.29) is 23.1 Å². The number of thioether (sulfide) groups is 1. The number of hydrogen-bond acceptors (Lipinski definition) is 6. The molecular weight excluding hydrogens is 474 g/mol. The maximum Gasteiger partial charge on any atom is 0.338 e. The van der Waals surface area contributed by atoms with Crippen molar-refractivity contribution in [2.24, 2.45) is 0 Å². The summed E-state index contributed by atoms with van der Waals surface area (Å²) in [6.07, 6.45) is 0.465. The van der Waals surface area contributed by atoms with Crippen LogP contribution in [0.2, 0.25) is 0 Å². The molecule has 1 unspecified atom stereocenters. The second kappa shape index (κ2) is 11.4. The zero-order chi connectivity index (χ0) is 25.5. The molecule has 0 bridgehead atoms. The Kier molecular flexibility index (Phi) is 7.83. The van der Waals surface area contributed by atoms with E-state index >= 15 is 0 Å². The summed E-state index contributed by atoms with van der Waals surface area (Å²) >= 11 is 1.21. The van der Waals surface area contributed by atoms with Crippen LogP contribution in [0.3, 0.4) is 0 Å². The van der Waals surface area contributed by atoms with Gasteiger partial charge in [0.15, 0.2) is 0 Å². The fourth-order valence-corrected chi connectivity index (χ4v) is 5.03. The second-order valence-corrected chi connectivity index (χ2v) is 9.04. The van der Waals surface area contributed by atoms with Crippen molar-refractivity contribution in [1.82, 2.24) is 0 Å². The lowest BCUT2D eigenvalue weighted by molar-refractivity contribution is -0.117. The van der Waals surface area contributed by atoms with Crippen molar-refractivity contribution in [3.8, 4) is 6.07 Å². The highest BCUT2D eigenvalue weighted by Crippen LogP contribution is 2.42. The zero-order valence-electron chi connectivity index (χ0n) is 19.5. The first-order chi connectivity index (χ1) is 17.5. The standard InChI is InChI=1S/C28H23N3O4S/c1-2-35-28(34)20-13-15-21(16-14-20)30-25(32)23(18-29)27-31(22-11-7-4-8-12-22)26(33)24(36-27)17-19-9-5-3-6-10-19/h3-16,24H,2,17H2,1H3,(H,30,32). The van der Waals surface area contributed by atoms with Gasteiger partial charge in [-0.15, -0.1) is 0 Å². The van der Waals surface area contributed by atoms with E-state index in [1.807, 2.05) is 42.5 Å². The number of hydrogen-bond donors (Lipinski definition) is 1. The number of carbonyl (C=O) groups is 3. The summed E-state index contributed by atoms with van der Waals surface area (Å²) in [5.41, 5.74) is 2.16. The molecule has 8 heteroatoms. The first kappa shape index (κ1) is 24.8. The normalized spacial score (nSPS) is 16.3. The lowest BCUT2D eigenvalue weighted by Gasteiger charge is -2.18. The third-order valence-corrected chi connectivity index (χ3v) is 6.70. The Morgan fingerprint density at radius 2 is 1.64 bits per heavy atom. The minimum atomic E-state index is -0.641. The molecule has 1 aliphatic rings. The number of amides is 2. The van der Waals surface area contributed by atoms with Gasteiger partial charge in [0.25, 0.3) is 5.91 Å². The van der Waals surface area contributed by atoms with Crippen molar-refractivity contribution in [3.63, 3.8) is 0 Å². The smallest absolute Gasteiger partial charge is 0.338 e. The molecule has 1 atom stereocenters. The Morgan fingerprint density at radius 1 is 1.00 bits per heavy atom. The number of carbonyl (C=O) groups excluding carboxylic acids is 3. The molecule has 180 valence electrons. The molecule has 1 N–H and O–H groups in total. The molecule has 1 aliphatic heterocycles. The molecule has 7 nitrogen and oxygen atoms in total. The van der Waals surface area contributed by atoms with Crippen LogP contribution in [0.15, 0.2) is 95.5 Å². The van der Waals surface area contributed by atoms with E-state index in [2.05, 4.69) is 5.32 Å². The van der Waals surface area contributed by atoms with Crippen molar-refractivity contribution in [2.75, 3.05) is 16.8 Å². The number of benzene rings is 3. The number of rotatable bonds is 7. The minimum absolute atomic E-state index is 0.165. The summed E-state index contributed by atoms with van der Waals surface area (Å²) in [5, 5.41) is 12.5. The van der Waals surface area contributed by atoms with Crippen molar-refractivity contribution in [3.05, 3.63) is 107 Å². The molecule has 3 aromatic rings. The molecule has 1 fully saturated rings. The van der Waals surface area contributed by atoms with E-state index in [9.17, 15) is 19.6 Å². The van der Waals surface area contributed by atoms with Gasteiger partial charge in [-0.1, -0.05) is 60.3 Å². The average molecular weight is 498 g/mol. The van der Waals surface area contributed by atoms with Crippen LogP contribution < -0.4 is 10.2 Å². The summed E-state index contributed by atoms with van der Waals surface area (Å²) in [4.78, 5) is 39.9. The van der Waals surface area contributed by atoms with Gasteiger partial charge in [-0.05, 0) is 55.3 Å². The number of nitrogens with zero attached hydrogens (tertiary/aromatic N) is 2. The van der Waals surface area contributed by atoms with Crippen LogP contribution in [0.25, 0.3) is 0 Å². The number of esters is 1. The Bertz CT molecular complexity index is 1330. The molecule has 0 radical (unpaired) electrons. The molecule has 1 saturated heterocycles. The highest BCUT2D eigenvalue weighted by Gasteiger charge is 2.40. The fourth-order valence-electron chi connectivity index (χ4n) is 3.72. The predicted octanol–water partition coefficient (Wildman–Crippen LogP) is 4.93. The number of nitriles is 1. The minimum Gasteiger partial charge on any atom is -0.462 e. The first-order valence-electron chi connectivity index (χ1n) is 11.3. The lowest BCUT2D eigenvalue weighted by atomic mass is 10.1. The lowest BCUT2D eigenvalue weighted by Crippen LogP contribution is -2.30. The Morgan fingerprint density at radius 3 is 2.25 bits per heavy atom. The number of ether oxygens (including phenoxy) is 1. The van der Waals surface area contributed by atoms with Crippen LogP contribution in [0.5, 0.6) is 0 Å². The van der Waals surface area contributed by atoms with E-state index in [0.29, 0.717) is 23.4 Å². The fraction of sp³-hybridized carbons (Fsp3) is 0.143. The van der Waals surface area contributed by atoms with Gasteiger partial charge in [0.2, 0.25) is 5.91 Å². The van der Waals surface area contributed by atoms with E-state index in [1.165, 1.54) is 28.8 Å². The van der Waals surface area contributed by atoms with Gasteiger partial charge >= 0.3 is 5.97 Å².